The molecule has 0 fully saturated rings. The van der Waals surface area contributed by atoms with Crippen LogP contribution in [0.2, 0.25) is 0 Å². The number of anilines is 1. The number of benzene rings is 3. The van der Waals surface area contributed by atoms with Gasteiger partial charge in [0.15, 0.2) is 5.11 Å². The van der Waals surface area contributed by atoms with E-state index < -0.39 is 11.9 Å². The van der Waals surface area contributed by atoms with Crippen molar-refractivity contribution in [1.29, 1.82) is 0 Å². The Morgan fingerprint density at radius 3 is 2.47 bits per heavy atom. The van der Waals surface area contributed by atoms with Crippen LogP contribution in [0.3, 0.4) is 0 Å². The average Bonchev–Trinajstić information content (AvgIpc) is 2.73. The lowest BCUT2D eigenvalue weighted by Crippen LogP contribution is -2.34. The molecule has 0 atom stereocenters. The van der Waals surface area contributed by atoms with Gasteiger partial charge in [-0.3, -0.25) is 10.1 Å². The first kappa shape index (κ1) is 21.5. The monoisotopic (exact) mass is 488 g/mol. The maximum atomic E-state index is 12.9. The molecular formula is C21H17BrN2O5S. The molecule has 0 unspecified atom stereocenters. The van der Waals surface area contributed by atoms with Gasteiger partial charge in [-0.2, -0.15) is 0 Å². The largest absolute Gasteiger partial charge is 0.495 e. The number of carboxylic acid groups (broad SMARTS) is 1. The molecule has 3 aromatic rings. The Kier molecular flexibility index (Phi) is 6.53. The number of fused-ring (bicyclic) bond motifs is 1. The number of carbonyl (C=O) groups excluding carboxylic acids is 1. The van der Waals surface area contributed by atoms with E-state index in [0.717, 1.165) is 10.8 Å². The fourth-order valence-corrected chi connectivity index (χ4v) is 3.85. The summed E-state index contributed by atoms with van der Waals surface area (Å²) >= 11 is 8.73. The van der Waals surface area contributed by atoms with Crippen LogP contribution >= 0.6 is 28.1 Å². The minimum atomic E-state index is -1.10. The van der Waals surface area contributed by atoms with Gasteiger partial charge >= 0.3 is 5.97 Å². The van der Waals surface area contributed by atoms with Crippen molar-refractivity contribution in [2.75, 3.05) is 19.5 Å². The van der Waals surface area contributed by atoms with E-state index in [9.17, 15) is 14.7 Å². The van der Waals surface area contributed by atoms with Crippen molar-refractivity contribution in [3.63, 3.8) is 0 Å². The molecular weight excluding hydrogens is 472 g/mol. The van der Waals surface area contributed by atoms with Crippen molar-refractivity contribution in [2.45, 2.75) is 0 Å². The summed E-state index contributed by atoms with van der Waals surface area (Å²) in [6.07, 6.45) is 0. The Balaban J connectivity index is 1.87. The number of carbonyl (C=O) groups is 2. The highest BCUT2D eigenvalue weighted by atomic mass is 79.9. The van der Waals surface area contributed by atoms with Gasteiger partial charge < -0.3 is 19.9 Å². The van der Waals surface area contributed by atoms with E-state index >= 15 is 0 Å². The van der Waals surface area contributed by atoms with Gasteiger partial charge in [-0.05, 0) is 63.2 Å². The first-order valence-electron chi connectivity index (χ1n) is 8.64. The summed E-state index contributed by atoms with van der Waals surface area (Å²) in [5.74, 6) is -0.826. The Morgan fingerprint density at radius 2 is 1.80 bits per heavy atom. The molecule has 0 radical (unpaired) electrons. The molecule has 30 heavy (non-hydrogen) atoms. The topological polar surface area (TPSA) is 96.9 Å². The number of amides is 1. The summed E-state index contributed by atoms with van der Waals surface area (Å²) in [7, 11) is 2.92. The fraction of sp³-hybridized carbons (Fsp3) is 0.0952. The molecule has 0 saturated heterocycles. The first-order valence-corrected chi connectivity index (χ1v) is 9.84. The Labute approximate surface area is 186 Å². The number of halogens is 1. The lowest BCUT2D eigenvalue weighted by Gasteiger charge is -2.16. The SMILES string of the molecule is COc1ccc(C(=O)O)cc1NC(=S)NC(=O)c1cc2ccccc2c(Br)c1OC. The quantitative estimate of drug-likeness (QED) is 0.456. The van der Waals surface area contributed by atoms with E-state index in [1.54, 1.807) is 6.07 Å². The third-order valence-electron chi connectivity index (χ3n) is 4.31. The number of carboxylic acids is 1. The number of ether oxygens (including phenoxy) is 2. The molecule has 3 rings (SSSR count). The zero-order chi connectivity index (χ0) is 21.8. The summed E-state index contributed by atoms with van der Waals surface area (Å²) in [6, 6.07) is 13.5. The van der Waals surface area contributed by atoms with Crippen molar-refractivity contribution in [3.05, 3.63) is 64.1 Å². The van der Waals surface area contributed by atoms with E-state index in [2.05, 4.69) is 26.6 Å². The molecule has 3 N–H and O–H groups in total. The molecule has 1 amide bonds. The third-order valence-corrected chi connectivity index (χ3v) is 5.30. The maximum absolute atomic E-state index is 12.9. The zero-order valence-corrected chi connectivity index (χ0v) is 18.4. The van der Waals surface area contributed by atoms with E-state index in [4.69, 9.17) is 21.7 Å². The van der Waals surface area contributed by atoms with E-state index in [1.165, 1.54) is 32.4 Å². The van der Waals surface area contributed by atoms with Gasteiger partial charge in [-0.15, -0.1) is 0 Å². The number of nitrogens with one attached hydrogen (secondary N) is 2. The molecule has 0 spiro atoms. The van der Waals surface area contributed by atoms with Crippen molar-refractivity contribution >= 4 is 61.6 Å². The Hall–Kier alpha value is -3.17. The van der Waals surface area contributed by atoms with Crippen molar-refractivity contribution in [1.82, 2.24) is 5.32 Å². The summed E-state index contributed by atoms with van der Waals surface area (Å²) in [4.78, 5) is 24.1. The molecule has 0 aliphatic carbocycles. The first-order chi connectivity index (χ1) is 14.3. The van der Waals surface area contributed by atoms with Gasteiger partial charge in [0.05, 0.1) is 35.5 Å². The summed E-state index contributed by atoms with van der Waals surface area (Å²) < 4.78 is 11.3. The second-order valence-corrected chi connectivity index (χ2v) is 7.32. The number of rotatable bonds is 5. The Bertz CT molecular complexity index is 1170. The summed E-state index contributed by atoms with van der Waals surface area (Å²) in [5, 5.41) is 16.3. The minimum Gasteiger partial charge on any atom is -0.495 e. The summed E-state index contributed by atoms with van der Waals surface area (Å²) in [6.45, 7) is 0. The van der Waals surface area contributed by atoms with Crippen LogP contribution in [0.15, 0.2) is 53.0 Å². The zero-order valence-electron chi connectivity index (χ0n) is 16.0. The van der Waals surface area contributed by atoms with E-state index in [1.807, 2.05) is 24.3 Å². The van der Waals surface area contributed by atoms with Crippen LogP contribution < -0.4 is 20.1 Å². The lowest BCUT2D eigenvalue weighted by atomic mass is 10.1. The highest BCUT2D eigenvalue weighted by molar-refractivity contribution is 9.10. The molecule has 9 heteroatoms. The van der Waals surface area contributed by atoms with Crippen LogP contribution in [0.25, 0.3) is 10.8 Å². The van der Waals surface area contributed by atoms with Gasteiger partial charge in [0.25, 0.3) is 5.91 Å². The molecule has 0 bridgehead atoms. The number of aromatic carboxylic acids is 1. The average molecular weight is 489 g/mol. The van der Waals surface area contributed by atoms with Crippen molar-refractivity contribution < 1.29 is 24.2 Å². The van der Waals surface area contributed by atoms with E-state index in [0.29, 0.717) is 27.2 Å². The van der Waals surface area contributed by atoms with Gasteiger partial charge in [0.1, 0.15) is 11.5 Å². The van der Waals surface area contributed by atoms with Gasteiger partial charge in [0, 0.05) is 0 Å². The number of hydrogen-bond acceptors (Lipinski definition) is 5. The van der Waals surface area contributed by atoms with Crippen LogP contribution in [0.4, 0.5) is 5.69 Å². The molecule has 0 aliphatic heterocycles. The minimum absolute atomic E-state index is 0.0211. The molecule has 0 aromatic heterocycles. The molecule has 0 heterocycles. The maximum Gasteiger partial charge on any atom is 0.335 e. The molecule has 3 aromatic carbocycles. The number of thiocarbonyl (C=S) groups is 1. The smallest absolute Gasteiger partial charge is 0.335 e. The van der Waals surface area contributed by atoms with Gasteiger partial charge in [-0.25, -0.2) is 4.79 Å². The highest BCUT2D eigenvalue weighted by Crippen LogP contribution is 2.36. The number of hydrogen-bond donors (Lipinski definition) is 3. The lowest BCUT2D eigenvalue weighted by molar-refractivity contribution is 0.0696. The van der Waals surface area contributed by atoms with Gasteiger partial charge in [0.2, 0.25) is 0 Å². The van der Waals surface area contributed by atoms with Crippen LogP contribution in [0.1, 0.15) is 20.7 Å². The molecule has 154 valence electrons. The second-order valence-electron chi connectivity index (χ2n) is 6.12. The molecule has 7 nitrogen and oxygen atoms in total. The predicted molar refractivity (Wildman–Crippen MR) is 122 cm³/mol. The van der Waals surface area contributed by atoms with E-state index in [-0.39, 0.29) is 10.7 Å². The van der Waals surface area contributed by atoms with Crippen molar-refractivity contribution in [2.24, 2.45) is 0 Å². The number of methoxy groups -OCH3 is 2. The normalized spacial score (nSPS) is 10.4. The van der Waals surface area contributed by atoms with Crippen LogP contribution in [-0.4, -0.2) is 36.3 Å². The standard InChI is InChI=1S/C21H17BrN2O5S/c1-28-16-8-7-12(20(26)27)10-15(16)23-21(30)24-19(25)14-9-11-5-3-4-6-13(11)17(22)18(14)29-2/h3-10H,1-2H3,(H,26,27)(H2,23,24,25,30). The predicted octanol–water partition coefficient (Wildman–Crippen LogP) is 4.44. The molecule has 0 saturated carbocycles. The Morgan fingerprint density at radius 1 is 1.07 bits per heavy atom. The van der Waals surface area contributed by atoms with Crippen LogP contribution in [-0.2, 0) is 0 Å². The molecule has 0 aliphatic rings. The second kappa shape index (κ2) is 9.10. The summed E-state index contributed by atoms with van der Waals surface area (Å²) in [5.41, 5.74) is 0.653. The van der Waals surface area contributed by atoms with Crippen LogP contribution in [0, 0.1) is 0 Å². The van der Waals surface area contributed by atoms with Gasteiger partial charge in [-0.1, -0.05) is 24.3 Å². The fourth-order valence-electron chi connectivity index (χ4n) is 2.92. The third kappa shape index (κ3) is 4.37. The van der Waals surface area contributed by atoms with Crippen molar-refractivity contribution in [3.8, 4) is 11.5 Å². The van der Waals surface area contributed by atoms with Crippen LogP contribution in [0.5, 0.6) is 11.5 Å². The highest BCUT2D eigenvalue weighted by Gasteiger charge is 2.19.